The SMILES string of the molecule is O=C(Nc1nc(-c2csc(NC(=O)c3ccc(NS(=O)(=O)c4ccccc4)cc3)n2)cs1)c1ccc(NS(=O)(=O)c2ccccc2)cc1. The van der Waals surface area contributed by atoms with Crippen LogP contribution < -0.4 is 20.1 Å². The highest BCUT2D eigenvalue weighted by molar-refractivity contribution is 7.93. The number of thiazole rings is 2. The van der Waals surface area contributed by atoms with E-state index in [4.69, 9.17) is 0 Å². The first-order chi connectivity index (χ1) is 23.1. The number of nitrogens with zero attached hydrogens (tertiary/aromatic N) is 2. The standard InChI is InChI=1S/C32H24N6O6S4/c39-29(21-11-15-23(16-12-21)37-47(41,42)25-7-3-1-4-8-25)35-31-33-27(19-45-31)28-20-46-32(34-28)36-30(40)22-13-17-24(18-14-22)38-48(43,44)26-9-5-2-6-10-26/h1-20,37-38H,(H,33,35,39)(H,34,36,40). The normalized spacial score (nSPS) is 11.4. The van der Waals surface area contributed by atoms with Gasteiger partial charge in [-0.1, -0.05) is 36.4 Å². The van der Waals surface area contributed by atoms with Gasteiger partial charge in [0.1, 0.15) is 11.4 Å². The number of carbonyl (C=O) groups excluding carboxylic acids is 2. The van der Waals surface area contributed by atoms with Gasteiger partial charge in [0.2, 0.25) is 0 Å². The number of sulfonamides is 2. The molecule has 2 heterocycles. The van der Waals surface area contributed by atoms with Crippen molar-refractivity contribution in [2.45, 2.75) is 9.79 Å². The first-order valence-electron chi connectivity index (χ1n) is 14.0. The predicted molar refractivity (Wildman–Crippen MR) is 187 cm³/mol. The van der Waals surface area contributed by atoms with Crippen molar-refractivity contribution in [3.05, 3.63) is 131 Å². The fourth-order valence-corrected chi connectivity index (χ4v) is 7.80. The van der Waals surface area contributed by atoms with Crippen molar-refractivity contribution in [3.63, 3.8) is 0 Å². The highest BCUT2D eigenvalue weighted by Gasteiger charge is 2.17. The van der Waals surface area contributed by atoms with E-state index in [1.165, 1.54) is 95.5 Å². The van der Waals surface area contributed by atoms with Gasteiger partial charge in [-0.05, 0) is 72.8 Å². The van der Waals surface area contributed by atoms with Crippen LogP contribution in [0.25, 0.3) is 11.4 Å². The fraction of sp³-hybridized carbons (Fsp3) is 0. The van der Waals surface area contributed by atoms with Crippen LogP contribution in [-0.2, 0) is 20.0 Å². The minimum atomic E-state index is -3.76. The molecule has 4 aromatic carbocycles. The summed E-state index contributed by atoms with van der Waals surface area (Å²) in [6.45, 7) is 0. The minimum absolute atomic E-state index is 0.125. The molecule has 0 atom stereocenters. The third kappa shape index (κ3) is 7.75. The molecule has 12 nitrogen and oxygen atoms in total. The van der Waals surface area contributed by atoms with Gasteiger partial charge in [-0.3, -0.25) is 29.7 Å². The lowest BCUT2D eigenvalue weighted by Gasteiger charge is -2.09. The van der Waals surface area contributed by atoms with E-state index in [2.05, 4.69) is 30.0 Å². The molecule has 6 aromatic rings. The molecule has 0 saturated carbocycles. The lowest BCUT2D eigenvalue weighted by atomic mass is 10.2. The molecule has 0 bridgehead atoms. The Hall–Kier alpha value is -5.42. The van der Waals surface area contributed by atoms with Crippen LogP contribution in [0.15, 0.2) is 130 Å². The van der Waals surface area contributed by atoms with E-state index in [9.17, 15) is 26.4 Å². The Kier molecular flexibility index (Phi) is 9.31. The smallest absolute Gasteiger partial charge is 0.261 e. The van der Waals surface area contributed by atoms with Gasteiger partial charge in [0, 0.05) is 33.3 Å². The van der Waals surface area contributed by atoms with Crippen molar-refractivity contribution in [2.24, 2.45) is 0 Å². The molecule has 48 heavy (non-hydrogen) atoms. The van der Waals surface area contributed by atoms with E-state index in [1.807, 2.05) is 0 Å². The number of hydrogen-bond acceptors (Lipinski definition) is 10. The van der Waals surface area contributed by atoms with Gasteiger partial charge in [-0.15, -0.1) is 22.7 Å². The minimum Gasteiger partial charge on any atom is -0.298 e. The summed E-state index contributed by atoms with van der Waals surface area (Å²) in [5.41, 5.74) is 2.20. The summed E-state index contributed by atoms with van der Waals surface area (Å²) in [6.07, 6.45) is 0. The largest absolute Gasteiger partial charge is 0.298 e. The molecular weight excluding hydrogens is 693 g/mol. The van der Waals surface area contributed by atoms with Crippen LogP contribution in [-0.4, -0.2) is 38.6 Å². The van der Waals surface area contributed by atoms with Crippen molar-refractivity contribution in [3.8, 4) is 11.4 Å². The molecule has 242 valence electrons. The molecule has 6 rings (SSSR count). The topological polar surface area (TPSA) is 176 Å². The second-order valence-corrected chi connectivity index (χ2v) is 15.1. The van der Waals surface area contributed by atoms with Crippen molar-refractivity contribution < 1.29 is 26.4 Å². The maximum absolute atomic E-state index is 12.8. The molecule has 0 fully saturated rings. The Morgan fingerprint density at radius 1 is 0.500 bits per heavy atom. The number of rotatable bonds is 11. The summed E-state index contributed by atoms with van der Waals surface area (Å²) in [5.74, 6) is -0.864. The summed E-state index contributed by atoms with van der Waals surface area (Å²) >= 11 is 2.39. The van der Waals surface area contributed by atoms with Crippen LogP contribution in [0.3, 0.4) is 0 Å². The number of amides is 2. The van der Waals surface area contributed by atoms with E-state index in [1.54, 1.807) is 47.2 Å². The lowest BCUT2D eigenvalue weighted by Crippen LogP contribution is -2.14. The Morgan fingerprint density at radius 2 is 0.854 bits per heavy atom. The predicted octanol–water partition coefficient (Wildman–Crippen LogP) is 6.37. The maximum atomic E-state index is 12.8. The number of nitrogens with one attached hydrogen (secondary N) is 4. The van der Waals surface area contributed by atoms with Gasteiger partial charge < -0.3 is 0 Å². The van der Waals surface area contributed by atoms with Crippen LogP contribution in [0.4, 0.5) is 21.6 Å². The van der Waals surface area contributed by atoms with Crippen molar-refractivity contribution in [2.75, 3.05) is 20.1 Å². The third-order valence-corrected chi connectivity index (χ3v) is 10.9. The molecule has 4 N–H and O–H groups in total. The number of benzene rings is 4. The molecule has 0 aliphatic carbocycles. The molecular formula is C32H24N6O6S4. The van der Waals surface area contributed by atoms with Gasteiger partial charge in [0.25, 0.3) is 31.9 Å². The molecule has 0 spiro atoms. The van der Waals surface area contributed by atoms with E-state index >= 15 is 0 Å². The highest BCUT2D eigenvalue weighted by Crippen LogP contribution is 2.29. The average Bonchev–Trinajstić information content (AvgIpc) is 3.75. The average molecular weight is 717 g/mol. The molecule has 16 heteroatoms. The Labute approximate surface area is 283 Å². The Bertz CT molecular complexity index is 2130. The van der Waals surface area contributed by atoms with E-state index in [0.717, 1.165) is 0 Å². The first kappa shape index (κ1) is 32.5. The van der Waals surface area contributed by atoms with Crippen molar-refractivity contribution >= 4 is 76.2 Å². The summed E-state index contributed by atoms with van der Waals surface area (Å²) < 4.78 is 55.2. The van der Waals surface area contributed by atoms with Crippen molar-refractivity contribution in [1.82, 2.24) is 9.97 Å². The van der Waals surface area contributed by atoms with Crippen LogP contribution in [0.5, 0.6) is 0 Å². The molecule has 0 unspecified atom stereocenters. The van der Waals surface area contributed by atoms with Gasteiger partial charge in [-0.25, -0.2) is 26.8 Å². The van der Waals surface area contributed by atoms with E-state index in [-0.39, 0.29) is 9.79 Å². The fourth-order valence-electron chi connectivity index (χ4n) is 4.24. The summed E-state index contributed by atoms with van der Waals surface area (Å²) in [6, 6.07) is 27.9. The maximum Gasteiger partial charge on any atom is 0.261 e. The molecule has 2 amide bonds. The summed E-state index contributed by atoms with van der Waals surface area (Å²) in [4.78, 5) is 34.7. The second kappa shape index (κ2) is 13.7. The van der Waals surface area contributed by atoms with E-state index < -0.39 is 31.9 Å². The molecule has 0 aliphatic heterocycles. The van der Waals surface area contributed by atoms with Gasteiger partial charge in [0.05, 0.1) is 9.79 Å². The summed E-state index contributed by atoms with van der Waals surface area (Å²) in [5, 5.41) is 9.53. The van der Waals surface area contributed by atoms with E-state index in [0.29, 0.717) is 44.2 Å². The van der Waals surface area contributed by atoms with Crippen LogP contribution >= 0.6 is 22.7 Å². The zero-order valence-electron chi connectivity index (χ0n) is 24.5. The highest BCUT2D eigenvalue weighted by atomic mass is 32.2. The van der Waals surface area contributed by atoms with Gasteiger partial charge in [0.15, 0.2) is 10.3 Å². The van der Waals surface area contributed by atoms with Crippen LogP contribution in [0.1, 0.15) is 20.7 Å². The van der Waals surface area contributed by atoms with Crippen LogP contribution in [0, 0.1) is 0 Å². The Morgan fingerprint density at radius 3 is 1.21 bits per heavy atom. The zero-order valence-corrected chi connectivity index (χ0v) is 27.8. The van der Waals surface area contributed by atoms with Crippen molar-refractivity contribution in [1.29, 1.82) is 0 Å². The number of aromatic nitrogens is 2. The Balaban J connectivity index is 1.03. The summed E-state index contributed by atoms with van der Waals surface area (Å²) in [7, 11) is -7.52. The van der Waals surface area contributed by atoms with Crippen LogP contribution in [0.2, 0.25) is 0 Å². The number of anilines is 4. The molecule has 0 aliphatic rings. The molecule has 0 radical (unpaired) electrons. The monoisotopic (exact) mass is 716 g/mol. The number of carbonyl (C=O) groups is 2. The molecule has 0 saturated heterocycles. The second-order valence-electron chi connectivity index (χ2n) is 9.98. The number of hydrogen-bond donors (Lipinski definition) is 4. The zero-order chi connectivity index (χ0) is 33.7. The first-order valence-corrected chi connectivity index (χ1v) is 18.7. The quantitative estimate of drug-likeness (QED) is 0.120. The van der Waals surface area contributed by atoms with Gasteiger partial charge in [-0.2, -0.15) is 0 Å². The third-order valence-electron chi connectivity index (χ3n) is 6.62. The lowest BCUT2D eigenvalue weighted by molar-refractivity contribution is 0.101. The molecule has 2 aromatic heterocycles. The van der Waals surface area contributed by atoms with Gasteiger partial charge >= 0.3 is 0 Å².